The van der Waals surface area contributed by atoms with Gasteiger partial charge in [-0.15, -0.1) is 11.3 Å². The minimum Gasteiger partial charge on any atom is -0.496 e. The molecule has 17 heavy (non-hydrogen) atoms. The quantitative estimate of drug-likeness (QED) is 0.905. The van der Waals surface area contributed by atoms with Gasteiger partial charge < -0.3 is 9.84 Å². The van der Waals surface area contributed by atoms with Crippen LogP contribution in [0.25, 0.3) is 0 Å². The van der Waals surface area contributed by atoms with Crippen LogP contribution in [0.3, 0.4) is 0 Å². The van der Waals surface area contributed by atoms with Gasteiger partial charge in [-0.2, -0.15) is 0 Å². The normalized spacial score (nSPS) is 14.3. The molecule has 90 valence electrons. The van der Waals surface area contributed by atoms with E-state index in [1.54, 1.807) is 31.6 Å². The number of benzene rings is 1. The lowest BCUT2D eigenvalue weighted by atomic mass is 9.92. The molecule has 0 saturated heterocycles. The zero-order valence-corrected chi connectivity index (χ0v) is 10.7. The van der Waals surface area contributed by atoms with Gasteiger partial charge in [0.15, 0.2) is 0 Å². The van der Waals surface area contributed by atoms with Gasteiger partial charge in [0.25, 0.3) is 0 Å². The maximum absolute atomic E-state index is 10.6. The molecule has 2 aromatic rings. The Hall–Kier alpha value is -1.39. The molecule has 0 radical (unpaired) electrons. The molecule has 3 nitrogen and oxygen atoms in total. The van der Waals surface area contributed by atoms with Crippen molar-refractivity contribution in [3.8, 4) is 5.75 Å². The number of nitrogens with zero attached hydrogens (tertiary/aromatic N) is 1. The van der Waals surface area contributed by atoms with E-state index >= 15 is 0 Å². The standard InChI is InChI=1S/C13H15NO2S/c1-13(15,9-12-14-7-8-17-12)10-5-3-4-6-11(10)16-2/h3-8,15H,9H2,1-2H3. The van der Waals surface area contributed by atoms with Crippen molar-refractivity contribution >= 4 is 11.3 Å². The highest BCUT2D eigenvalue weighted by molar-refractivity contribution is 7.09. The molecule has 1 aromatic heterocycles. The predicted molar refractivity (Wildman–Crippen MR) is 68.4 cm³/mol. The zero-order chi connectivity index (χ0) is 12.3. The van der Waals surface area contributed by atoms with E-state index in [0.717, 1.165) is 10.6 Å². The number of aliphatic hydroxyl groups is 1. The van der Waals surface area contributed by atoms with E-state index in [4.69, 9.17) is 4.74 Å². The fourth-order valence-corrected chi connectivity index (χ4v) is 2.58. The van der Waals surface area contributed by atoms with Crippen LogP contribution in [0.1, 0.15) is 17.5 Å². The summed E-state index contributed by atoms with van der Waals surface area (Å²) < 4.78 is 5.27. The third-order valence-corrected chi connectivity index (χ3v) is 3.45. The summed E-state index contributed by atoms with van der Waals surface area (Å²) >= 11 is 1.55. The van der Waals surface area contributed by atoms with Crippen molar-refractivity contribution in [2.75, 3.05) is 7.11 Å². The maximum atomic E-state index is 10.6. The van der Waals surface area contributed by atoms with E-state index in [-0.39, 0.29) is 0 Å². The molecule has 0 aliphatic carbocycles. The molecule has 4 heteroatoms. The van der Waals surface area contributed by atoms with Crippen molar-refractivity contribution in [3.63, 3.8) is 0 Å². The summed E-state index contributed by atoms with van der Waals surface area (Å²) in [5.74, 6) is 0.703. The number of hydrogen-bond acceptors (Lipinski definition) is 4. The smallest absolute Gasteiger partial charge is 0.124 e. The molecule has 0 amide bonds. The number of ether oxygens (including phenoxy) is 1. The van der Waals surface area contributed by atoms with Gasteiger partial charge in [0.05, 0.1) is 17.7 Å². The van der Waals surface area contributed by atoms with Crippen LogP contribution >= 0.6 is 11.3 Å². The first kappa shape index (κ1) is 12.1. The number of thiazole rings is 1. The van der Waals surface area contributed by atoms with Gasteiger partial charge in [0, 0.05) is 23.6 Å². The molecule has 1 heterocycles. The molecule has 0 bridgehead atoms. The van der Waals surface area contributed by atoms with Crippen molar-refractivity contribution in [2.45, 2.75) is 18.9 Å². The summed E-state index contributed by atoms with van der Waals surface area (Å²) in [6.07, 6.45) is 2.24. The minimum absolute atomic E-state index is 0.491. The van der Waals surface area contributed by atoms with E-state index in [9.17, 15) is 5.11 Å². The molecular weight excluding hydrogens is 234 g/mol. The lowest BCUT2D eigenvalue weighted by Crippen LogP contribution is -2.24. The first-order valence-corrected chi connectivity index (χ1v) is 6.26. The van der Waals surface area contributed by atoms with Crippen LogP contribution in [0, 0.1) is 0 Å². The van der Waals surface area contributed by atoms with Crippen molar-refractivity contribution in [3.05, 3.63) is 46.4 Å². The Morgan fingerprint density at radius 2 is 2.18 bits per heavy atom. The number of para-hydroxylation sites is 1. The van der Waals surface area contributed by atoms with Crippen molar-refractivity contribution in [2.24, 2.45) is 0 Å². The largest absolute Gasteiger partial charge is 0.496 e. The second-order valence-electron chi connectivity index (χ2n) is 4.08. The molecule has 1 N–H and O–H groups in total. The molecule has 0 fully saturated rings. The Balaban J connectivity index is 2.30. The van der Waals surface area contributed by atoms with Crippen LogP contribution in [0.2, 0.25) is 0 Å². The number of aromatic nitrogens is 1. The van der Waals surface area contributed by atoms with Crippen LogP contribution in [0.5, 0.6) is 5.75 Å². The maximum Gasteiger partial charge on any atom is 0.124 e. The van der Waals surface area contributed by atoms with Crippen molar-refractivity contribution in [1.29, 1.82) is 0 Å². The van der Waals surface area contributed by atoms with Gasteiger partial charge in [0.1, 0.15) is 5.75 Å². The van der Waals surface area contributed by atoms with E-state index in [1.165, 1.54) is 0 Å². The van der Waals surface area contributed by atoms with Crippen LogP contribution in [-0.2, 0) is 12.0 Å². The summed E-state index contributed by atoms with van der Waals surface area (Å²) in [6.45, 7) is 1.78. The summed E-state index contributed by atoms with van der Waals surface area (Å²) in [4.78, 5) is 4.20. The van der Waals surface area contributed by atoms with Gasteiger partial charge in [-0.1, -0.05) is 18.2 Å². The summed E-state index contributed by atoms with van der Waals surface area (Å²) in [5, 5.41) is 13.4. The predicted octanol–water partition coefficient (Wildman–Crippen LogP) is 2.60. The van der Waals surface area contributed by atoms with Crippen LogP contribution in [0.4, 0.5) is 0 Å². The van der Waals surface area contributed by atoms with Crippen molar-refractivity contribution in [1.82, 2.24) is 4.98 Å². The topological polar surface area (TPSA) is 42.4 Å². The molecule has 0 saturated carbocycles. The van der Waals surface area contributed by atoms with Gasteiger partial charge in [-0.3, -0.25) is 0 Å². The fraction of sp³-hybridized carbons (Fsp3) is 0.308. The molecule has 0 aliphatic rings. The Bertz CT molecular complexity index is 480. The van der Waals surface area contributed by atoms with Gasteiger partial charge in [0.2, 0.25) is 0 Å². The summed E-state index contributed by atoms with van der Waals surface area (Å²) in [7, 11) is 1.61. The first-order valence-electron chi connectivity index (χ1n) is 5.38. The van der Waals surface area contributed by atoms with E-state index < -0.39 is 5.60 Å². The van der Waals surface area contributed by atoms with Crippen LogP contribution in [0.15, 0.2) is 35.8 Å². The minimum atomic E-state index is -0.968. The average Bonchev–Trinajstić information content (AvgIpc) is 2.81. The van der Waals surface area contributed by atoms with Crippen molar-refractivity contribution < 1.29 is 9.84 Å². The second-order valence-corrected chi connectivity index (χ2v) is 5.06. The van der Waals surface area contributed by atoms with Gasteiger partial charge in [-0.05, 0) is 13.0 Å². The molecule has 0 spiro atoms. The highest BCUT2D eigenvalue weighted by atomic mass is 32.1. The highest BCUT2D eigenvalue weighted by Gasteiger charge is 2.27. The number of methoxy groups -OCH3 is 1. The van der Waals surface area contributed by atoms with Crippen LogP contribution in [-0.4, -0.2) is 17.2 Å². The highest BCUT2D eigenvalue weighted by Crippen LogP contribution is 2.32. The molecular formula is C13H15NO2S. The zero-order valence-electron chi connectivity index (χ0n) is 9.88. The molecule has 1 unspecified atom stereocenters. The second kappa shape index (κ2) is 4.85. The summed E-state index contributed by atoms with van der Waals surface area (Å²) in [5.41, 5.74) is -0.178. The monoisotopic (exact) mass is 249 g/mol. The molecule has 1 aromatic carbocycles. The van der Waals surface area contributed by atoms with Crippen LogP contribution < -0.4 is 4.74 Å². The fourth-order valence-electron chi connectivity index (χ4n) is 1.82. The number of rotatable bonds is 4. The third-order valence-electron chi connectivity index (χ3n) is 2.67. The lowest BCUT2D eigenvalue weighted by molar-refractivity contribution is 0.0549. The molecule has 0 aliphatic heterocycles. The van der Waals surface area contributed by atoms with Gasteiger partial charge >= 0.3 is 0 Å². The Labute approximate surface area is 105 Å². The van der Waals surface area contributed by atoms with E-state index in [0.29, 0.717) is 12.2 Å². The Kier molecular flexibility index (Phi) is 3.45. The third kappa shape index (κ3) is 2.65. The first-order chi connectivity index (χ1) is 8.13. The van der Waals surface area contributed by atoms with Gasteiger partial charge in [-0.25, -0.2) is 4.98 Å². The average molecular weight is 249 g/mol. The lowest BCUT2D eigenvalue weighted by Gasteiger charge is -2.24. The molecule has 1 atom stereocenters. The Morgan fingerprint density at radius 3 is 2.82 bits per heavy atom. The summed E-state index contributed by atoms with van der Waals surface area (Å²) in [6, 6.07) is 7.52. The van der Waals surface area contributed by atoms with E-state index in [1.807, 2.05) is 29.6 Å². The Morgan fingerprint density at radius 1 is 1.41 bits per heavy atom. The molecule has 2 rings (SSSR count). The SMILES string of the molecule is COc1ccccc1C(C)(O)Cc1nccs1. The number of hydrogen-bond donors (Lipinski definition) is 1. The van der Waals surface area contributed by atoms with E-state index in [2.05, 4.69) is 4.98 Å².